The molecule has 0 spiro atoms. The maximum atomic E-state index is 13.1. The Balaban J connectivity index is 2.04. The standard InChI is InChI=1S/C19H32N2O3/c1-4-10-21(11-5-2)19(23)17-15-8-7-14(13-15)16(17)18(22)20-9-6-12-24-3/h7-8,14-17H,4-6,9-13H2,1-3H3,(H,20,22)/t14-,15-,16+,17-/m0/s1. The molecule has 1 saturated carbocycles. The average molecular weight is 336 g/mol. The molecule has 1 N–H and O–H groups in total. The molecule has 0 aromatic carbocycles. The van der Waals surface area contributed by atoms with Crippen molar-refractivity contribution in [3.8, 4) is 0 Å². The van der Waals surface area contributed by atoms with Crippen LogP contribution in [0.1, 0.15) is 39.5 Å². The molecule has 2 amide bonds. The van der Waals surface area contributed by atoms with Gasteiger partial charge in [0.1, 0.15) is 0 Å². The number of allylic oxidation sites excluding steroid dienone is 2. The molecular formula is C19H32N2O3. The van der Waals surface area contributed by atoms with Crippen LogP contribution in [0.3, 0.4) is 0 Å². The first-order chi connectivity index (χ1) is 11.6. The molecule has 0 heterocycles. The van der Waals surface area contributed by atoms with Gasteiger partial charge in [-0.05, 0) is 37.5 Å². The molecule has 1 fully saturated rings. The summed E-state index contributed by atoms with van der Waals surface area (Å²) in [5.74, 6) is 0.276. The summed E-state index contributed by atoms with van der Waals surface area (Å²) in [7, 11) is 1.66. The molecule has 0 aliphatic heterocycles. The summed E-state index contributed by atoms with van der Waals surface area (Å²) in [4.78, 5) is 27.8. The Hall–Kier alpha value is -1.36. The topological polar surface area (TPSA) is 58.6 Å². The van der Waals surface area contributed by atoms with Crippen molar-refractivity contribution in [2.24, 2.45) is 23.7 Å². The van der Waals surface area contributed by atoms with Crippen molar-refractivity contribution in [2.45, 2.75) is 39.5 Å². The van der Waals surface area contributed by atoms with Crippen molar-refractivity contribution in [3.63, 3.8) is 0 Å². The molecule has 5 heteroatoms. The molecule has 2 rings (SSSR count). The van der Waals surface area contributed by atoms with E-state index in [-0.39, 0.29) is 35.5 Å². The molecule has 2 aliphatic carbocycles. The van der Waals surface area contributed by atoms with E-state index in [0.717, 1.165) is 38.8 Å². The quantitative estimate of drug-likeness (QED) is 0.492. The van der Waals surface area contributed by atoms with Gasteiger partial charge in [-0.1, -0.05) is 26.0 Å². The van der Waals surface area contributed by atoms with Gasteiger partial charge in [-0.2, -0.15) is 0 Å². The summed E-state index contributed by atoms with van der Waals surface area (Å²) in [5.41, 5.74) is 0. The van der Waals surface area contributed by atoms with Crippen LogP contribution in [0, 0.1) is 23.7 Å². The third-order valence-corrected chi connectivity index (χ3v) is 5.17. The first-order valence-corrected chi connectivity index (χ1v) is 9.37. The lowest BCUT2D eigenvalue weighted by atomic mass is 9.81. The number of fused-ring (bicyclic) bond motifs is 2. The van der Waals surface area contributed by atoms with Crippen LogP contribution in [0.5, 0.6) is 0 Å². The Morgan fingerprint density at radius 1 is 1.12 bits per heavy atom. The van der Waals surface area contributed by atoms with Crippen LogP contribution < -0.4 is 5.32 Å². The molecule has 2 aliphatic rings. The van der Waals surface area contributed by atoms with E-state index in [4.69, 9.17) is 4.74 Å². The first kappa shape index (κ1) is 19.0. The maximum absolute atomic E-state index is 13.1. The van der Waals surface area contributed by atoms with Gasteiger partial charge in [0.25, 0.3) is 0 Å². The Kier molecular flexibility index (Phi) is 7.28. The molecule has 0 radical (unpaired) electrons. The van der Waals surface area contributed by atoms with Gasteiger partial charge in [0.15, 0.2) is 0 Å². The zero-order valence-corrected chi connectivity index (χ0v) is 15.3. The van der Waals surface area contributed by atoms with E-state index in [1.165, 1.54) is 0 Å². The molecule has 2 bridgehead atoms. The van der Waals surface area contributed by atoms with Crippen LogP contribution in [-0.2, 0) is 14.3 Å². The lowest BCUT2D eigenvalue weighted by molar-refractivity contribution is -0.142. The number of hydrogen-bond donors (Lipinski definition) is 1. The summed E-state index contributed by atoms with van der Waals surface area (Å²) < 4.78 is 5.02. The Morgan fingerprint density at radius 2 is 1.75 bits per heavy atom. The molecule has 0 aromatic heterocycles. The summed E-state index contributed by atoms with van der Waals surface area (Å²) in [6, 6.07) is 0. The highest BCUT2D eigenvalue weighted by atomic mass is 16.5. The number of amides is 2. The molecule has 4 atom stereocenters. The summed E-state index contributed by atoms with van der Waals surface area (Å²) in [6.07, 6.45) is 7.94. The number of ether oxygens (including phenoxy) is 1. The largest absolute Gasteiger partial charge is 0.385 e. The fourth-order valence-electron chi connectivity index (χ4n) is 4.15. The van der Waals surface area contributed by atoms with Gasteiger partial charge in [-0.15, -0.1) is 0 Å². The van der Waals surface area contributed by atoms with Crippen molar-refractivity contribution in [1.29, 1.82) is 0 Å². The first-order valence-electron chi connectivity index (χ1n) is 9.37. The number of nitrogens with zero attached hydrogens (tertiary/aromatic N) is 1. The maximum Gasteiger partial charge on any atom is 0.227 e. The van der Waals surface area contributed by atoms with E-state index in [1.807, 2.05) is 4.90 Å². The van der Waals surface area contributed by atoms with Crippen molar-refractivity contribution in [3.05, 3.63) is 12.2 Å². The fourth-order valence-corrected chi connectivity index (χ4v) is 4.15. The third kappa shape index (κ3) is 4.18. The zero-order valence-electron chi connectivity index (χ0n) is 15.3. The minimum atomic E-state index is -0.203. The van der Waals surface area contributed by atoms with Gasteiger partial charge in [0.05, 0.1) is 11.8 Å². The van der Waals surface area contributed by atoms with E-state index in [0.29, 0.717) is 13.2 Å². The lowest BCUT2D eigenvalue weighted by Crippen LogP contribution is -2.46. The van der Waals surface area contributed by atoms with Gasteiger partial charge in [0, 0.05) is 33.4 Å². The van der Waals surface area contributed by atoms with E-state index in [9.17, 15) is 9.59 Å². The van der Waals surface area contributed by atoms with Gasteiger partial charge in [-0.25, -0.2) is 0 Å². The fraction of sp³-hybridized carbons (Fsp3) is 0.789. The van der Waals surface area contributed by atoms with E-state index >= 15 is 0 Å². The van der Waals surface area contributed by atoms with Crippen LogP contribution in [0.4, 0.5) is 0 Å². The van der Waals surface area contributed by atoms with Crippen molar-refractivity contribution in [1.82, 2.24) is 10.2 Å². The number of hydrogen-bond acceptors (Lipinski definition) is 3. The van der Waals surface area contributed by atoms with Crippen molar-refractivity contribution in [2.75, 3.05) is 33.4 Å². The second-order valence-electron chi connectivity index (χ2n) is 6.96. The molecule has 0 unspecified atom stereocenters. The molecule has 0 aromatic rings. The van der Waals surface area contributed by atoms with E-state index in [2.05, 4.69) is 31.3 Å². The monoisotopic (exact) mass is 336 g/mol. The predicted molar refractivity (Wildman–Crippen MR) is 94.4 cm³/mol. The number of carbonyl (C=O) groups excluding carboxylic acids is 2. The van der Waals surface area contributed by atoms with Gasteiger partial charge in [-0.3, -0.25) is 9.59 Å². The van der Waals surface area contributed by atoms with Gasteiger partial charge in [0.2, 0.25) is 11.8 Å². The number of carbonyl (C=O) groups is 2. The van der Waals surface area contributed by atoms with Crippen LogP contribution in [-0.4, -0.2) is 50.1 Å². The highest BCUT2D eigenvalue weighted by Gasteiger charge is 2.52. The SMILES string of the molecule is CCCN(CCC)C(=O)[C@@H]1[C@H](C(=O)NCCCOC)[C@H]2C=C[C@H]1C2. The molecule has 5 nitrogen and oxygen atoms in total. The lowest BCUT2D eigenvalue weighted by Gasteiger charge is -2.32. The number of nitrogens with one attached hydrogen (secondary N) is 1. The summed E-state index contributed by atoms with van der Waals surface area (Å²) >= 11 is 0. The number of methoxy groups -OCH3 is 1. The van der Waals surface area contributed by atoms with Crippen LogP contribution in [0.15, 0.2) is 12.2 Å². The van der Waals surface area contributed by atoms with Crippen molar-refractivity contribution >= 4 is 11.8 Å². The summed E-state index contributed by atoms with van der Waals surface area (Å²) in [5, 5.41) is 3.01. The smallest absolute Gasteiger partial charge is 0.227 e. The summed E-state index contributed by atoms with van der Waals surface area (Å²) in [6.45, 7) is 7.00. The minimum absolute atomic E-state index is 0.0363. The number of rotatable bonds is 10. The molecule has 24 heavy (non-hydrogen) atoms. The Morgan fingerprint density at radius 3 is 2.33 bits per heavy atom. The highest BCUT2D eigenvalue weighted by molar-refractivity contribution is 5.89. The molecule has 0 saturated heterocycles. The third-order valence-electron chi connectivity index (χ3n) is 5.17. The van der Waals surface area contributed by atoms with Gasteiger partial charge < -0.3 is 15.0 Å². The van der Waals surface area contributed by atoms with Crippen molar-refractivity contribution < 1.29 is 14.3 Å². The minimum Gasteiger partial charge on any atom is -0.385 e. The van der Waals surface area contributed by atoms with E-state index in [1.54, 1.807) is 7.11 Å². The molecular weight excluding hydrogens is 304 g/mol. The van der Waals surface area contributed by atoms with Gasteiger partial charge >= 0.3 is 0 Å². The molecule has 136 valence electrons. The second kappa shape index (κ2) is 9.21. The predicted octanol–water partition coefficient (Wildman–Crippen LogP) is 2.23. The van der Waals surface area contributed by atoms with Crippen LogP contribution >= 0.6 is 0 Å². The zero-order chi connectivity index (χ0) is 17.5. The Labute approximate surface area is 145 Å². The van der Waals surface area contributed by atoms with E-state index < -0.39 is 0 Å². The van der Waals surface area contributed by atoms with Crippen LogP contribution in [0.25, 0.3) is 0 Å². The Bertz CT molecular complexity index is 458. The van der Waals surface area contributed by atoms with Crippen LogP contribution in [0.2, 0.25) is 0 Å². The normalized spacial score (nSPS) is 27.5. The second-order valence-corrected chi connectivity index (χ2v) is 6.96. The highest BCUT2D eigenvalue weighted by Crippen LogP contribution is 2.48. The average Bonchev–Trinajstić information content (AvgIpc) is 3.19.